The Morgan fingerprint density at radius 1 is 1.24 bits per heavy atom. The monoisotopic (exact) mass is 303 g/mol. The fourth-order valence-electron chi connectivity index (χ4n) is 2.54. The van der Waals surface area contributed by atoms with Crippen molar-refractivity contribution in [3.05, 3.63) is 58.6 Å². The molecule has 0 fully saturated rings. The Morgan fingerprint density at radius 3 is 2.90 bits per heavy atom. The van der Waals surface area contributed by atoms with Crippen LogP contribution in [0.3, 0.4) is 0 Å². The fraction of sp³-hybridized carbons (Fsp3) is 0.294. The van der Waals surface area contributed by atoms with Gasteiger partial charge in [0.05, 0.1) is 24.2 Å². The van der Waals surface area contributed by atoms with Gasteiger partial charge in [-0.15, -0.1) is 0 Å². The van der Waals surface area contributed by atoms with Crippen LogP contribution in [-0.4, -0.2) is 19.8 Å². The fourth-order valence-corrected chi connectivity index (χ4v) is 2.80. The van der Waals surface area contributed by atoms with E-state index in [1.54, 1.807) is 0 Å². The standard InChI is InChI=1S/C17H18ClNO2/c18-15-9-12(7-8-19)5-6-17(15)21-11-13-10-20-16-4-2-1-3-14(13)16/h1-6,9,13H,7-8,10-11,19H2. The van der Waals surface area contributed by atoms with Crippen LogP contribution >= 0.6 is 11.6 Å². The largest absolute Gasteiger partial charge is 0.493 e. The molecule has 2 aromatic carbocycles. The van der Waals surface area contributed by atoms with Gasteiger partial charge in [-0.05, 0) is 36.7 Å². The summed E-state index contributed by atoms with van der Waals surface area (Å²) < 4.78 is 11.5. The Labute approximate surface area is 129 Å². The quantitative estimate of drug-likeness (QED) is 0.921. The zero-order valence-corrected chi connectivity index (χ0v) is 12.5. The maximum Gasteiger partial charge on any atom is 0.137 e. The third-order valence-corrected chi connectivity index (χ3v) is 3.96. The predicted octanol–water partition coefficient (Wildman–Crippen LogP) is 3.40. The summed E-state index contributed by atoms with van der Waals surface area (Å²) in [5.41, 5.74) is 7.88. The van der Waals surface area contributed by atoms with Gasteiger partial charge in [0.2, 0.25) is 0 Å². The summed E-state index contributed by atoms with van der Waals surface area (Å²) in [6, 6.07) is 13.9. The summed E-state index contributed by atoms with van der Waals surface area (Å²) in [4.78, 5) is 0. The Hall–Kier alpha value is -1.71. The molecule has 1 aliphatic rings. The van der Waals surface area contributed by atoms with E-state index in [4.69, 9.17) is 26.8 Å². The number of rotatable bonds is 5. The van der Waals surface area contributed by atoms with Crippen molar-refractivity contribution in [2.75, 3.05) is 19.8 Å². The summed E-state index contributed by atoms with van der Waals surface area (Å²) >= 11 is 6.25. The molecule has 0 aromatic heterocycles. The molecule has 2 aromatic rings. The second-order valence-electron chi connectivity index (χ2n) is 5.16. The zero-order chi connectivity index (χ0) is 14.7. The van der Waals surface area contributed by atoms with Crippen molar-refractivity contribution >= 4 is 11.6 Å². The molecule has 1 unspecified atom stereocenters. The molecule has 21 heavy (non-hydrogen) atoms. The van der Waals surface area contributed by atoms with Crippen molar-refractivity contribution in [2.24, 2.45) is 5.73 Å². The first-order chi connectivity index (χ1) is 10.3. The molecule has 0 radical (unpaired) electrons. The van der Waals surface area contributed by atoms with Crippen LogP contribution in [0.5, 0.6) is 11.5 Å². The molecule has 4 heteroatoms. The minimum atomic E-state index is 0.251. The van der Waals surface area contributed by atoms with Gasteiger partial charge in [0.1, 0.15) is 11.5 Å². The van der Waals surface area contributed by atoms with E-state index in [0.717, 1.165) is 17.7 Å². The summed E-state index contributed by atoms with van der Waals surface area (Å²) in [5, 5.41) is 0.633. The zero-order valence-electron chi connectivity index (χ0n) is 11.7. The van der Waals surface area contributed by atoms with Crippen LogP contribution in [0, 0.1) is 0 Å². The lowest BCUT2D eigenvalue weighted by molar-refractivity contribution is 0.248. The maximum absolute atomic E-state index is 6.25. The molecule has 0 saturated heterocycles. The van der Waals surface area contributed by atoms with Crippen LogP contribution in [0.15, 0.2) is 42.5 Å². The van der Waals surface area contributed by atoms with Crippen LogP contribution in [0.25, 0.3) is 0 Å². The van der Waals surface area contributed by atoms with Crippen LogP contribution in [-0.2, 0) is 6.42 Å². The summed E-state index contributed by atoms with van der Waals surface area (Å²) in [6.07, 6.45) is 0.823. The number of fused-ring (bicyclic) bond motifs is 1. The lowest BCUT2D eigenvalue weighted by Gasteiger charge is -2.13. The maximum atomic E-state index is 6.25. The molecule has 0 saturated carbocycles. The number of benzene rings is 2. The third-order valence-electron chi connectivity index (χ3n) is 3.67. The first-order valence-electron chi connectivity index (χ1n) is 7.11. The number of nitrogens with two attached hydrogens (primary N) is 1. The van der Waals surface area contributed by atoms with Crippen molar-refractivity contribution in [3.63, 3.8) is 0 Å². The number of hydrogen-bond acceptors (Lipinski definition) is 3. The van der Waals surface area contributed by atoms with E-state index < -0.39 is 0 Å². The average Bonchev–Trinajstić information content (AvgIpc) is 2.90. The van der Waals surface area contributed by atoms with Gasteiger partial charge < -0.3 is 15.2 Å². The predicted molar refractivity (Wildman–Crippen MR) is 84.4 cm³/mol. The molecular formula is C17H18ClNO2. The van der Waals surface area contributed by atoms with Gasteiger partial charge >= 0.3 is 0 Å². The molecule has 0 amide bonds. The van der Waals surface area contributed by atoms with Gasteiger partial charge in [0.25, 0.3) is 0 Å². The van der Waals surface area contributed by atoms with Gasteiger partial charge in [0, 0.05) is 5.56 Å². The highest BCUT2D eigenvalue weighted by molar-refractivity contribution is 6.32. The Bertz CT molecular complexity index is 630. The van der Waals surface area contributed by atoms with Gasteiger partial charge in [0.15, 0.2) is 0 Å². The minimum absolute atomic E-state index is 0.251. The van der Waals surface area contributed by atoms with Crippen LogP contribution < -0.4 is 15.2 Å². The molecule has 1 heterocycles. The molecular weight excluding hydrogens is 286 g/mol. The molecule has 3 rings (SSSR count). The van der Waals surface area contributed by atoms with Gasteiger partial charge in [-0.25, -0.2) is 0 Å². The normalized spacial score (nSPS) is 16.4. The van der Waals surface area contributed by atoms with Crippen molar-refractivity contribution in [3.8, 4) is 11.5 Å². The summed E-state index contributed by atoms with van der Waals surface area (Å²) in [7, 11) is 0. The smallest absolute Gasteiger partial charge is 0.137 e. The van der Waals surface area contributed by atoms with Crippen LogP contribution in [0.4, 0.5) is 0 Å². The van der Waals surface area contributed by atoms with Crippen LogP contribution in [0.1, 0.15) is 17.0 Å². The molecule has 1 aliphatic heterocycles. The highest BCUT2D eigenvalue weighted by Crippen LogP contribution is 2.34. The van der Waals surface area contributed by atoms with Gasteiger partial charge in [-0.1, -0.05) is 35.9 Å². The SMILES string of the molecule is NCCc1ccc(OCC2COc3ccccc32)c(Cl)c1. The number of ether oxygens (including phenoxy) is 2. The highest BCUT2D eigenvalue weighted by Gasteiger charge is 2.24. The first kappa shape index (κ1) is 14.2. The van der Waals surface area contributed by atoms with Gasteiger partial charge in [-0.2, -0.15) is 0 Å². The van der Waals surface area contributed by atoms with Gasteiger partial charge in [-0.3, -0.25) is 0 Å². The summed E-state index contributed by atoms with van der Waals surface area (Å²) in [5.74, 6) is 1.92. The summed E-state index contributed by atoms with van der Waals surface area (Å²) in [6.45, 7) is 1.84. The highest BCUT2D eigenvalue weighted by atomic mass is 35.5. The van der Waals surface area contributed by atoms with Crippen molar-refractivity contribution < 1.29 is 9.47 Å². The van der Waals surface area contributed by atoms with Crippen molar-refractivity contribution in [2.45, 2.75) is 12.3 Å². The molecule has 3 nitrogen and oxygen atoms in total. The second-order valence-corrected chi connectivity index (χ2v) is 5.57. The molecule has 1 atom stereocenters. The van der Waals surface area contributed by atoms with Crippen molar-refractivity contribution in [1.29, 1.82) is 0 Å². The van der Waals surface area contributed by atoms with E-state index >= 15 is 0 Å². The van der Waals surface area contributed by atoms with Crippen LogP contribution in [0.2, 0.25) is 5.02 Å². The molecule has 0 bridgehead atoms. The van der Waals surface area contributed by atoms with E-state index in [9.17, 15) is 0 Å². The Morgan fingerprint density at radius 2 is 2.10 bits per heavy atom. The van der Waals surface area contributed by atoms with E-state index in [2.05, 4.69) is 6.07 Å². The number of hydrogen-bond donors (Lipinski definition) is 1. The lowest BCUT2D eigenvalue weighted by Crippen LogP contribution is -2.12. The second kappa shape index (κ2) is 6.37. The number of para-hydroxylation sites is 1. The molecule has 110 valence electrons. The van der Waals surface area contributed by atoms with E-state index in [1.807, 2.05) is 36.4 Å². The van der Waals surface area contributed by atoms with E-state index in [-0.39, 0.29) is 5.92 Å². The third kappa shape index (κ3) is 3.14. The Balaban J connectivity index is 1.66. The molecule has 2 N–H and O–H groups in total. The molecule has 0 spiro atoms. The van der Waals surface area contributed by atoms with E-state index in [0.29, 0.717) is 30.5 Å². The molecule has 0 aliphatic carbocycles. The lowest BCUT2D eigenvalue weighted by atomic mass is 10.0. The minimum Gasteiger partial charge on any atom is -0.493 e. The average molecular weight is 304 g/mol. The van der Waals surface area contributed by atoms with Crippen molar-refractivity contribution in [1.82, 2.24) is 0 Å². The Kier molecular flexibility index (Phi) is 4.32. The van der Waals surface area contributed by atoms with E-state index in [1.165, 1.54) is 5.56 Å². The number of halogens is 1. The first-order valence-corrected chi connectivity index (χ1v) is 7.48. The topological polar surface area (TPSA) is 44.5 Å².